The van der Waals surface area contributed by atoms with Crippen molar-refractivity contribution in [2.75, 3.05) is 57.8 Å². The molecule has 0 bridgehead atoms. The van der Waals surface area contributed by atoms with Crippen LogP contribution in [0.5, 0.6) is 5.75 Å². The molecule has 0 atom stereocenters. The first-order valence-electron chi connectivity index (χ1n) is 11.5. The predicted octanol–water partition coefficient (Wildman–Crippen LogP) is 3.40. The molecule has 2 aliphatic heterocycles. The van der Waals surface area contributed by atoms with Crippen LogP contribution in [0, 0.1) is 0 Å². The molecule has 3 heterocycles. The van der Waals surface area contributed by atoms with E-state index in [9.17, 15) is 4.79 Å². The molecule has 6 nitrogen and oxygen atoms in total. The van der Waals surface area contributed by atoms with E-state index >= 15 is 0 Å². The fourth-order valence-corrected chi connectivity index (χ4v) is 4.81. The van der Waals surface area contributed by atoms with E-state index in [1.54, 1.807) is 13.3 Å². The van der Waals surface area contributed by atoms with Crippen LogP contribution in [0.4, 0.5) is 5.82 Å². The highest BCUT2D eigenvalue weighted by molar-refractivity contribution is 5.93. The lowest BCUT2D eigenvalue weighted by Crippen LogP contribution is -2.45. The number of para-hydroxylation sites is 1. The minimum atomic E-state index is 0.157. The van der Waals surface area contributed by atoms with E-state index in [-0.39, 0.29) is 5.91 Å². The number of methoxy groups -OCH3 is 1. The number of aromatic nitrogens is 1. The molecule has 2 saturated heterocycles. The average Bonchev–Trinajstić information content (AvgIpc) is 3.33. The van der Waals surface area contributed by atoms with Crippen molar-refractivity contribution in [3.63, 3.8) is 0 Å². The maximum atomic E-state index is 13.1. The Bertz CT molecular complexity index is 830. The van der Waals surface area contributed by atoms with Gasteiger partial charge in [0.05, 0.1) is 13.7 Å². The van der Waals surface area contributed by atoms with Gasteiger partial charge in [0.1, 0.15) is 11.6 Å². The molecule has 4 rings (SSSR count). The number of carbonyl (C=O) groups is 1. The summed E-state index contributed by atoms with van der Waals surface area (Å²) >= 11 is 0. The number of ether oxygens (including phenoxy) is 1. The predicted molar refractivity (Wildman–Crippen MR) is 124 cm³/mol. The molecule has 0 aliphatic carbocycles. The van der Waals surface area contributed by atoms with Crippen LogP contribution < -0.4 is 9.64 Å². The minimum Gasteiger partial charge on any atom is -0.496 e. The van der Waals surface area contributed by atoms with E-state index in [4.69, 9.17) is 4.74 Å². The van der Waals surface area contributed by atoms with Crippen LogP contribution in [-0.4, -0.2) is 73.6 Å². The zero-order valence-electron chi connectivity index (χ0n) is 18.6. The highest BCUT2D eigenvalue weighted by Gasteiger charge is 2.25. The number of amides is 1. The van der Waals surface area contributed by atoms with Crippen molar-refractivity contribution in [2.45, 2.75) is 31.6 Å². The first-order valence-corrected chi connectivity index (χ1v) is 11.5. The van der Waals surface area contributed by atoms with E-state index in [0.717, 1.165) is 57.1 Å². The molecule has 2 aliphatic rings. The second kappa shape index (κ2) is 10.7. The lowest BCUT2D eigenvalue weighted by molar-refractivity contribution is -0.119. The Balaban J connectivity index is 1.34. The number of anilines is 1. The standard InChI is InChI=1S/C25H34N4O2/c1-31-23-9-3-2-8-22(23)21-11-16-27(17-12-21)18-19-29(24-10-4-5-13-26-24)25(30)20-28-14-6-7-15-28/h2-5,8-10,13,21H,6-7,11-12,14-20H2,1H3. The minimum absolute atomic E-state index is 0.157. The molecule has 0 radical (unpaired) electrons. The van der Waals surface area contributed by atoms with Crippen molar-refractivity contribution in [1.82, 2.24) is 14.8 Å². The molecule has 31 heavy (non-hydrogen) atoms. The molecule has 2 aromatic rings. The Morgan fingerprint density at radius 2 is 1.77 bits per heavy atom. The van der Waals surface area contributed by atoms with E-state index in [1.807, 2.05) is 29.2 Å². The molecule has 1 amide bonds. The van der Waals surface area contributed by atoms with Crippen molar-refractivity contribution in [1.29, 1.82) is 0 Å². The third-order valence-electron chi connectivity index (χ3n) is 6.59. The summed E-state index contributed by atoms with van der Waals surface area (Å²) in [6.45, 7) is 6.19. The first kappa shape index (κ1) is 21.8. The quantitative estimate of drug-likeness (QED) is 0.653. The fourth-order valence-electron chi connectivity index (χ4n) is 4.81. The number of benzene rings is 1. The molecule has 0 saturated carbocycles. The van der Waals surface area contributed by atoms with Crippen molar-refractivity contribution in [3.05, 3.63) is 54.2 Å². The summed E-state index contributed by atoms with van der Waals surface area (Å²) in [5.74, 6) is 2.45. The SMILES string of the molecule is COc1ccccc1C1CCN(CCN(C(=O)CN2CCCC2)c2ccccn2)CC1. The normalized spacial score (nSPS) is 18.2. The van der Waals surface area contributed by atoms with Gasteiger partial charge in [-0.2, -0.15) is 0 Å². The zero-order chi connectivity index (χ0) is 21.5. The molecule has 6 heteroatoms. The van der Waals surface area contributed by atoms with Crippen molar-refractivity contribution >= 4 is 11.7 Å². The maximum absolute atomic E-state index is 13.1. The van der Waals surface area contributed by atoms with Gasteiger partial charge in [-0.1, -0.05) is 24.3 Å². The highest BCUT2D eigenvalue weighted by Crippen LogP contribution is 2.33. The Hall–Kier alpha value is -2.44. The van der Waals surface area contributed by atoms with Crippen LogP contribution in [-0.2, 0) is 4.79 Å². The van der Waals surface area contributed by atoms with Crippen LogP contribution in [0.2, 0.25) is 0 Å². The number of pyridine rings is 1. The van der Waals surface area contributed by atoms with E-state index in [2.05, 4.69) is 33.0 Å². The van der Waals surface area contributed by atoms with Crippen molar-refractivity contribution < 1.29 is 9.53 Å². The van der Waals surface area contributed by atoms with Gasteiger partial charge in [-0.05, 0) is 81.5 Å². The van der Waals surface area contributed by atoms with Gasteiger partial charge in [-0.3, -0.25) is 14.6 Å². The van der Waals surface area contributed by atoms with Crippen LogP contribution in [0.3, 0.4) is 0 Å². The van der Waals surface area contributed by atoms with Crippen molar-refractivity contribution in [3.8, 4) is 5.75 Å². The van der Waals surface area contributed by atoms with Crippen molar-refractivity contribution in [2.24, 2.45) is 0 Å². The molecule has 0 unspecified atom stereocenters. The van der Waals surface area contributed by atoms with Crippen LogP contribution in [0.15, 0.2) is 48.7 Å². The van der Waals surface area contributed by atoms with Gasteiger partial charge in [-0.15, -0.1) is 0 Å². The van der Waals surface area contributed by atoms with Gasteiger partial charge in [0.2, 0.25) is 5.91 Å². The summed E-state index contributed by atoms with van der Waals surface area (Å²) in [5, 5.41) is 0. The third kappa shape index (κ3) is 5.63. The average molecular weight is 423 g/mol. The summed E-state index contributed by atoms with van der Waals surface area (Å²) in [6, 6.07) is 14.2. The molecular weight excluding hydrogens is 388 g/mol. The van der Waals surface area contributed by atoms with Crippen LogP contribution >= 0.6 is 0 Å². The lowest BCUT2D eigenvalue weighted by Gasteiger charge is -2.34. The number of hydrogen-bond acceptors (Lipinski definition) is 5. The number of rotatable bonds is 8. The zero-order valence-corrected chi connectivity index (χ0v) is 18.6. The molecule has 166 valence electrons. The van der Waals surface area contributed by atoms with Crippen LogP contribution in [0.1, 0.15) is 37.2 Å². The van der Waals surface area contributed by atoms with E-state index < -0.39 is 0 Å². The van der Waals surface area contributed by atoms with E-state index in [1.165, 1.54) is 18.4 Å². The smallest absolute Gasteiger partial charge is 0.242 e. The fraction of sp³-hybridized carbons (Fsp3) is 0.520. The van der Waals surface area contributed by atoms with Gasteiger partial charge >= 0.3 is 0 Å². The first-order chi connectivity index (χ1) is 15.2. The molecule has 0 N–H and O–H groups in total. The van der Waals surface area contributed by atoms with Gasteiger partial charge in [0.15, 0.2) is 0 Å². The summed E-state index contributed by atoms with van der Waals surface area (Å²) < 4.78 is 5.57. The highest BCUT2D eigenvalue weighted by atomic mass is 16.5. The molecular formula is C25H34N4O2. The summed E-state index contributed by atoms with van der Waals surface area (Å²) in [5.41, 5.74) is 1.32. The number of likely N-dealkylation sites (tertiary alicyclic amines) is 2. The van der Waals surface area contributed by atoms with Gasteiger partial charge in [0.25, 0.3) is 0 Å². The Kier molecular flexibility index (Phi) is 7.54. The maximum Gasteiger partial charge on any atom is 0.242 e. The summed E-state index contributed by atoms with van der Waals surface area (Å²) in [7, 11) is 1.75. The topological polar surface area (TPSA) is 48.9 Å². The summed E-state index contributed by atoms with van der Waals surface area (Å²) in [6.07, 6.45) is 6.39. The Morgan fingerprint density at radius 3 is 2.48 bits per heavy atom. The van der Waals surface area contributed by atoms with E-state index in [0.29, 0.717) is 19.0 Å². The molecule has 0 spiro atoms. The largest absolute Gasteiger partial charge is 0.496 e. The van der Waals surface area contributed by atoms with Gasteiger partial charge < -0.3 is 9.64 Å². The Morgan fingerprint density at radius 1 is 1.03 bits per heavy atom. The second-order valence-corrected chi connectivity index (χ2v) is 8.57. The second-order valence-electron chi connectivity index (χ2n) is 8.57. The number of carbonyl (C=O) groups excluding carboxylic acids is 1. The molecule has 1 aromatic carbocycles. The van der Waals surface area contributed by atoms with Crippen LogP contribution in [0.25, 0.3) is 0 Å². The monoisotopic (exact) mass is 422 g/mol. The number of piperidine rings is 1. The number of nitrogens with zero attached hydrogens (tertiary/aromatic N) is 4. The summed E-state index contributed by atoms with van der Waals surface area (Å²) in [4.78, 5) is 24.2. The van der Waals surface area contributed by atoms with Gasteiger partial charge in [-0.25, -0.2) is 4.98 Å². The lowest BCUT2D eigenvalue weighted by atomic mass is 9.89. The molecule has 1 aromatic heterocycles. The molecule has 2 fully saturated rings. The number of hydrogen-bond donors (Lipinski definition) is 0. The van der Waals surface area contributed by atoms with Gasteiger partial charge in [0, 0.05) is 19.3 Å². The third-order valence-corrected chi connectivity index (χ3v) is 6.59. The Labute approximate surface area is 185 Å².